The number of rotatable bonds is 6. The number of carbonyl (C=O) groups is 2. The van der Waals surface area contributed by atoms with Crippen molar-refractivity contribution in [2.24, 2.45) is 11.8 Å². The van der Waals surface area contributed by atoms with Gasteiger partial charge in [-0.1, -0.05) is 6.92 Å². The maximum atomic E-state index is 12.4. The summed E-state index contributed by atoms with van der Waals surface area (Å²) in [5.41, 5.74) is 0.152. The lowest BCUT2D eigenvalue weighted by atomic mass is 9.79. The number of carboxylic acids is 1. The van der Waals surface area contributed by atoms with E-state index < -0.39 is 18.0 Å². The summed E-state index contributed by atoms with van der Waals surface area (Å²) >= 11 is 1.66. The van der Waals surface area contributed by atoms with E-state index in [2.05, 4.69) is 10.6 Å². The molecule has 28 heavy (non-hydrogen) atoms. The Labute approximate surface area is 170 Å². The van der Waals surface area contributed by atoms with Crippen LogP contribution in [0.4, 0.5) is 0 Å². The molecule has 1 amide bonds. The Morgan fingerprint density at radius 1 is 1.25 bits per heavy atom. The number of thioether (sulfide) groups is 1. The second kappa shape index (κ2) is 7.97. The van der Waals surface area contributed by atoms with Crippen molar-refractivity contribution in [3.8, 4) is 0 Å². The third-order valence-corrected chi connectivity index (χ3v) is 8.38. The van der Waals surface area contributed by atoms with Crippen molar-refractivity contribution < 1.29 is 19.8 Å². The molecule has 0 bridgehead atoms. The summed E-state index contributed by atoms with van der Waals surface area (Å²) in [4.78, 5) is 26.6. The minimum atomic E-state index is -1.03. The highest BCUT2D eigenvalue weighted by molar-refractivity contribution is 8.03. The molecular weight excluding hydrogens is 378 g/mol. The third-order valence-electron chi connectivity index (χ3n) is 6.80. The molecule has 0 aromatic rings. The lowest BCUT2D eigenvalue weighted by Gasteiger charge is -2.46. The predicted molar refractivity (Wildman–Crippen MR) is 108 cm³/mol. The first-order valence-corrected chi connectivity index (χ1v) is 11.4. The number of aliphatic hydroxyl groups excluding tert-OH is 1. The Morgan fingerprint density at radius 3 is 2.61 bits per heavy atom. The van der Waals surface area contributed by atoms with Gasteiger partial charge in [0.2, 0.25) is 5.91 Å². The third kappa shape index (κ3) is 3.49. The summed E-state index contributed by atoms with van der Waals surface area (Å²) < 4.78 is 0. The molecule has 4 N–H and O–H groups in total. The Balaban J connectivity index is 1.42. The highest BCUT2D eigenvalue weighted by Gasteiger charge is 2.60. The number of aliphatic hydroxyl groups is 1. The van der Waals surface area contributed by atoms with Gasteiger partial charge in [0.25, 0.3) is 0 Å². The molecule has 8 heteroatoms. The van der Waals surface area contributed by atoms with Gasteiger partial charge in [0.1, 0.15) is 5.70 Å². The van der Waals surface area contributed by atoms with Crippen LogP contribution in [0.25, 0.3) is 0 Å². The summed E-state index contributed by atoms with van der Waals surface area (Å²) in [6.45, 7) is 5.76. The molecule has 3 aliphatic heterocycles. The number of hydrogen-bond acceptors (Lipinski definition) is 6. The first-order valence-electron chi connectivity index (χ1n) is 10.5. The molecule has 156 valence electrons. The van der Waals surface area contributed by atoms with Crippen molar-refractivity contribution in [2.75, 3.05) is 13.1 Å². The summed E-state index contributed by atoms with van der Waals surface area (Å²) in [5.74, 6) is -1.81. The quantitative estimate of drug-likeness (QED) is 0.488. The van der Waals surface area contributed by atoms with Crippen LogP contribution >= 0.6 is 11.8 Å². The summed E-state index contributed by atoms with van der Waals surface area (Å²) in [6, 6.07) is 0.863. The molecule has 0 aromatic heterocycles. The van der Waals surface area contributed by atoms with Gasteiger partial charge in [-0.15, -0.1) is 11.8 Å². The number of nitrogens with one attached hydrogen (secondary N) is 2. The van der Waals surface area contributed by atoms with E-state index in [0.717, 1.165) is 37.3 Å². The van der Waals surface area contributed by atoms with Crippen LogP contribution < -0.4 is 10.6 Å². The smallest absolute Gasteiger partial charge is 0.353 e. The molecule has 4 aliphatic rings. The normalized spacial score (nSPS) is 37.2. The molecule has 2 saturated heterocycles. The number of piperidine rings is 1. The van der Waals surface area contributed by atoms with Crippen molar-refractivity contribution in [3.05, 3.63) is 10.6 Å². The van der Waals surface area contributed by atoms with Gasteiger partial charge in [-0.3, -0.25) is 4.79 Å². The van der Waals surface area contributed by atoms with Crippen LogP contribution in [0.3, 0.4) is 0 Å². The predicted octanol–water partition coefficient (Wildman–Crippen LogP) is 1.14. The van der Waals surface area contributed by atoms with Crippen LogP contribution in [0.5, 0.6) is 0 Å². The zero-order chi connectivity index (χ0) is 20.0. The van der Waals surface area contributed by atoms with E-state index in [1.54, 1.807) is 18.7 Å². The van der Waals surface area contributed by atoms with Crippen LogP contribution in [0, 0.1) is 11.8 Å². The van der Waals surface area contributed by atoms with E-state index in [4.69, 9.17) is 0 Å². The molecule has 3 fully saturated rings. The van der Waals surface area contributed by atoms with E-state index in [1.807, 2.05) is 6.92 Å². The molecular formula is C20H31N3O4S. The molecule has 0 spiro atoms. The summed E-state index contributed by atoms with van der Waals surface area (Å²) in [6.07, 6.45) is 4.80. The van der Waals surface area contributed by atoms with Crippen LogP contribution in [0.2, 0.25) is 0 Å². The molecule has 1 unspecified atom stereocenters. The van der Waals surface area contributed by atoms with Gasteiger partial charge in [0.15, 0.2) is 0 Å². The fourth-order valence-electron chi connectivity index (χ4n) is 5.38. The molecule has 7 nitrogen and oxygen atoms in total. The van der Waals surface area contributed by atoms with Crippen LogP contribution in [0.1, 0.15) is 46.0 Å². The van der Waals surface area contributed by atoms with E-state index in [0.29, 0.717) is 17.3 Å². The number of carboxylic acid groups (broad SMARTS) is 1. The molecule has 0 radical (unpaired) electrons. The number of fused-ring (bicyclic) bond motifs is 1. The fourth-order valence-corrected chi connectivity index (χ4v) is 6.97. The molecule has 4 rings (SSSR count). The summed E-state index contributed by atoms with van der Waals surface area (Å²) in [5, 5.41) is 27.3. The maximum Gasteiger partial charge on any atom is 0.353 e. The number of nitrogens with zero attached hydrogens (tertiary/aromatic N) is 1. The SMILES string of the molecule is CC(O)[C@H]1C(=O)N2C(C(=O)O)=C(S[C@@H]3CC[C@H](NC4CCNCC4)C3)[C@H](C)[C@H]12. The topological polar surface area (TPSA) is 102 Å². The molecule has 1 aliphatic carbocycles. The standard InChI is InChI=1S/C20H31N3O4S/c1-10-16-15(11(2)24)19(25)23(16)17(20(26)27)18(10)28-14-4-3-13(9-14)22-12-5-7-21-8-6-12/h10-16,21-22,24H,3-9H2,1-2H3,(H,26,27)/t10-,11?,13+,14-,15-,16-/m1/s1. The lowest BCUT2D eigenvalue weighted by molar-refractivity contribution is -0.163. The first-order chi connectivity index (χ1) is 13.4. The Morgan fingerprint density at radius 2 is 1.96 bits per heavy atom. The van der Waals surface area contributed by atoms with Crippen LogP contribution in [-0.4, -0.2) is 69.6 Å². The molecule has 0 aromatic carbocycles. The van der Waals surface area contributed by atoms with Gasteiger partial charge < -0.3 is 25.7 Å². The minimum Gasteiger partial charge on any atom is -0.477 e. The molecule has 1 saturated carbocycles. The lowest BCUT2D eigenvalue weighted by Crippen LogP contribution is -2.63. The van der Waals surface area contributed by atoms with Gasteiger partial charge in [-0.25, -0.2) is 4.79 Å². The van der Waals surface area contributed by atoms with Gasteiger partial charge in [0, 0.05) is 28.2 Å². The van der Waals surface area contributed by atoms with Crippen molar-refractivity contribution in [3.63, 3.8) is 0 Å². The van der Waals surface area contributed by atoms with E-state index in [-0.39, 0.29) is 23.6 Å². The monoisotopic (exact) mass is 409 g/mol. The number of amides is 1. The largest absolute Gasteiger partial charge is 0.477 e. The van der Waals surface area contributed by atoms with E-state index in [9.17, 15) is 19.8 Å². The van der Waals surface area contributed by atoms with Crippen molar-refractivity contribution in [1.29, 1.82) is 0 Å². The second-order valence-electron chi connectivity index (χ2n) is 8.71. The number of hydrogen-bond donors (Lipinski definition) is 4. The van der Waals surface area contributed by atoms with E-state index in [1.165, 1.54) is 17.7 Å². The second-order valence-corrected chi connectivity index (χ2v) is 10.1. The number of aliphatic carboxylic acids is 1. The molecule has 3 heterocycles. The Bertz CT molecular complexity index is 676. The van der Waals surface area contributed by atoms with Gasteiger partial charge in [-0.05, 0) is 52.1 Å². The van der Waals surface area contributed by atoms with Crippen LogP contribution in [0.15, 0.2) is 10.6 Å². The Kier molecular flexibility index (Phi) is 5.75. The van der Waals surface area contributed by atoms with E-state index >= 15 is 0 Å². The van der Waals surface area contributed by atoms with Gasteiger partial charge in [-0.2, -0.15) is 0 Å². The average molecular weight is 410 g/mol. The Hall–Kier alpha value is -1.09. The molecule has 6 atom stereocenters. The fraction of sp³-hybridized carbons (Fsp3) is 0.800. The minimum absolute atomic E-state index is 0.0372. The average Bonchev–Trinajstić information content (AvgIpc) is 3.17. The number of β-lactam (4-membered cyclic amide) rings is 1. The first kappa shape index (κ1) is 20.2. The highest BCUT2D eigenvalue weighted by atomic mass is 32.2. The zero-order valence-corrected chi connectivity index (χ0v) is 17.4. The van der Waals surface area contributed by atoms with Crippen molar-refractivity contribution in [2.45, 2.75) is 75.4 Å². The van der Waals surface area contributed by atoms with Gasteiger partial charge in [0.05, 0.1) is 18.1 Å². The van der Waals surface area contributed by atoms with Crippen LogP contribution in [-0.2, 0) is 9.59 Å². The van der Waals surface area contributed by atoms with Crippen molar-refractivity contribution in [1.82, 2.24) is 15.5 Å². The van der Waals surface area contributed by atoms with Crippen molar-refractivity contribution >= 4 is 23.6 Å². The summed E-state index contributed by atoms with van der Waals surface area (Å²) in [7, 11) is 0. The van der Waals surface area contributed by atoms with Gasteiger partial charge >= 0.3 is 5.97 Å². The number of carbonyl (C=O) groups excluding carboxylic acids is 1. The maximum absolute atomic E-state index is 12.4. The highest BCUT2D eigenvalue weighted by Crippen LogP contribution is 2.52. The zero-order valence-electron chi connectivity index (χ0n) is 16.6.